The van der Waals surface area contributed by atoms with E-state index in [1.165, 1.54) is 12.2 Å². The number of halogens is 1. The molecule has 0 radical (unpaired) electrons. The zero-order chi connectivity index (χ0) is 10.1. The average Bonchev–Trinajstić information content (AvgIpc) is 2.05. The molecule has 0 rings (SSSR count). The first-order chi connectivity index (χ1) is 6.20. The highest BCUT2D eigenvalue weighted by Gasteiger charge is 2.08. The maximum Gasteiger partial charge on any atom is 0.236 e. The third kappa shape index (κ3) is 7.84. The average molecular weight is 294 g/mol. The maximum atomic E-state index is 9.89. The third-order valence-electron chi connectivity index (χ3n) is 1.59. The lowest BCUT2D eigenvalue weighted by atomic mass is 10.0. The van der Waals surface area contributed by atoms with E-state index in [1.54, 1.807) is 0 Å². The Morgan fingerprint density at radius 2 is 2.08 bits per heavy atom. The van der Waals surface area contributed by atoms with Crippen LogP contribution in [0.1, 0.15) is 19.8 Å². The predicted molar refractivity (Wildman–Crippen MR) is 57.3 cm³/mol. The number of hydrogen-bond donors (Lipinski definition) is 0. The normalized spacial score (nSPS) is 13.7. The largest absolute Gasteiger partial charge is 0.236 e. The lowest BCUT2D eigenvalue weighted by molar-refractivity contribution is 0.496. The molecule has 0 aromatic heterocycles. The molecule has 0 aliphatic heterocycles. The van der Waals surface area contributed by atoms with Crippen LogP contribution in [0.2, 0.25) is 0 Å². The predicted octanol–water partition coefficient (Wildman–Crippen LogP) is 1.84. The lowest BCUT2D eigenvalue weighted by Gasteiger charge is -2.09. The van der Waals surface area contributed by atoms with Crippen LogP contribution in [0.4, 0.5) is 0 Å². The Kier molecular flexibility index (Phi) is 7.79. The molecule has 0 bridgehead atoms. The highest BCUT2D eigenvalue weighted by Crippen LogP contribution is 2.17. The third-order valence-corrected chi connectivity index (χ3v) is 2.37. The van der Waals surface area contributed by atoms with Crippen LogP contribution in [-0.4, -0.2) is 22.8 Å². The van der Waals surface area contributed by atoms with Gasteiger partial charge in [-0.2, -0.15) is 4.99 Å². The van der Waals surface area contributed by atoms with Gasteiger partial charge in [-0.1, -0.05) is 29.5 Å². The van der Waals surface area contributed by atoms with Crippen LogP contribution in [-0.2, 0) is 9.59 Å². The second kappa shape index (κ2) is 8.10. The molecule has 0 aromatic carbocycles. The lowest BCUT2D eigenvalue weighted by Crippen LogP contribution is -2.04. The van der Waals surface area contributed by atoms with E-state index in [2.05, 4.69) is 32.6 Å². The SMILES string of the molecule is CC(CCN=C=O)CC(I)N=C=O. The molecule has 0 aliphatic rings. The van der Waals surface area contributed by atoms with Gasteiger partial charge in [0, 0.05) is 0 Å². The van der Waals surface area contributed by atoms with Gasteiger partial charge in [0.25, 0.3) is 0 Å². The van der Waals surface area contributed by atoms with Crippen LogP contribution in [0, 0.1) is 5.92 Å². The fraction of sp³-hybridized carbons (Fsp3) is 0.750. The Morgan fingerprint density at radius 3 is 2.62 bits per heavy atom. The van der Waals surface area contributed by atoms with E-state index >= 15 is 0 Å². The van der Waals surface area contributed by atoms with Crippen molar-refractivity contribution in [2.24, 2.45) is 15.9 Å². The van der Waals surface area contributed by atoms with Crippen molar-refractivity contribution in [3.63, 3.8) is 0 Å². The zero-order valence-corrected chi connectivity index (χ0v) is 9.52. The summed E-state index contributed by atoms with van der Waals surface area (Å²) in [5.74, 6) is 0.399. The summed E-state index contributed by atoms with van der Waals surface area (Å²) in [6, 6.07) is 0. The first kappa shape index (κ1) is 12.5. The molecule has 0 saturated carbocycles. The highest BCUT2D eigenvalue weighted by molar-refractivity contribution is 14.1. The molecular formula is C8H11IN2O2. The van der Waals surface area contributed by atoms with Crippen LogP contribution in [0.5, 0.6) is 0 Å². The van der Waals surface area contributed by atoms with Crippen molar-refractivity contribution in [1.82, 2.24) is 0 Å². The summed E-state index contributed by atoms with van der Waals surface area (Å²) in [6.07, 6.45) is 4.64. The molecule has 0 aliphatic carbocycles. The fourth-order valence-electron chi connectivity index (χ4n) is 0.890. The summed E-state index contributed by atoms with van der Waals surface area (Å²) >= 11 is 2.08. The molecule has 0 amide bonds. The van der Waals surface area contributed by atoms with E-state index in [-0.39, 0.29) is 4.05 Å². The number of alkyl halides is 1. The highest BCUT2D eigenvalue weighted by atomic mass is 127. The standard InChI is InChI=1S/C8H11IN2O2/c1-7(2-3-10-5-12)4-8(9)11-6-13/h7-8H,2-4H2,1H3. The first-order valence-electron chi connectivity index (χ1n) is 3.95. The van der Waals surface area contributed by atoms with Crippen molar-refractivity contribution in [1.29, 1.82) is 0 Å². The van der Waals surface area contributed by atoms with Gasteiger partial charge in [0.1, 0.15) is 4.05 Å². The van der Waals surface area contributed by atoms with Gasteiger partial charge >= 0.3 is 0 Å². The fourth-order valence-corrected chi connectivity index (χ4v) is 1.87. The molecule has 0 fully saturated rings. The van der Waals surface area contributed by atoms with Gasteiger partial charge in [0.15, 0.2) is 0 Å². The Hall–Kier alpha value is -0.510. The van der Waals surface area contributed by atoms with Gasteiger partial charge in [-0.15, -0.1) is 0 Å². The molecule has 2 unspecified atom stereocenters. The van der Waals surface area contributed by atoms with E-state index in [1.807, 2.05) is 6.92 Å². The van der Waals surface area contributed by atoms with Gasteiger partial charge in [0.2, 0.25) is 12.2 Å². The molecule has 4 nitrogen and oxygen atoms in total. The van der Waals surface area contributed by atoms with Gasteiger partial charge in [-0.3, -0.25) is 0 Å². The molecule has 0 spiro atoms. The monoisotopic (exact) mass is 294 g/mol. The second-order valence-electron chi connectivity index (χ2n) is 2.76. The molecule has 0 saturated heterocycles. The number of isocyanates is 2. The number of rotatable bonds is 6. The topological polar surface area (TPSA) is 58.9 Å². The Labute approximate surface area is 90.7 Å². The number of hydrogen-bond acceptors (Lipinski definition) is 4. The van der Waals surface area contributed by atoms with Crippen LogP contribution in [0.15, 0.2) is 9.98 Å². The minimum Gasteiger partial charge on any atom is -0.211 e. The second-order valence-corrected chi connectivity index (χ2v) is 4.20. The van der Waals surface area contributed by atoms with Crippen molar-refractivity contribution >= 4 is 34.8 Å². The van der Waals surface area contributed by atoms with Crippen LogP contribution in [0.3, 0.4) is 0 Å². The molecule has 0 N–H and O–H groups in total. The molecular weight excluding hydrogens is 283 g/mol. The molecule has 2 atom stereocenters. The summed E-state index contributed by atoms with van der Waals surface area (Å²) in [5.41, 5.74) is 0. The number of aliphatic imine (C=N–C) groups is 2. The minimum absolute atomic E-state index is 0.0229. The molecule has 0 heterocycles. The Balaban J connectivity index is 3.66. The van der Waals surface area contributed by atoms with Crippen molar-refractivity contribution in [2.45, 2.75) is 23.8 Å². The van der Waals surface area contributed by atoms with Gasteiger partial charge in [-0.25, -0.2) is 14.6 Å². The van der Waals surface area contributed by atoms with Gasteiger partial charge < -0.3 is 0 Å². The van der Waals surface area contributed by atoms with Crippen molar-refractivity contribution in [3.8, 4) is 0 Å². The Morgan fingerprint density at radius 1 is 1.38 bits per heavy atom. The quantitative estimate of drug-likeness (QED) is 0.247. The van der Waals surface area contributed by atoms with Crippen molar-refractivity contribution < 1.29 is 9.59 Å². The van der Waals surface area contributed by atoms with E-state index in [4.69, 9.17) is 0 Å². The molecule has 0 aromatic rings. The summed E-state index contributed by atoms with van der Waals surface area (Å²) in [4.78, 5) is 26.7. The minimum atomic E-state index is -0.0229. The first-order valence-corrected chi connectivity index (χ1v) is 5.20. The summed E-state index contributed by atoms with van der Waals surface area (Å²) in [5, 5.41) is 0. The van der Waals surface area contributed by atoms with Crippen LogP contribution in [0.25, 0.3) is 0 Å². The molecule has 72 valence electrons. The summed E-state index contributed by atoms with van der Waals surface area (Å²) in [6.45, 7) is 2.53. The van der Waals surface area contributed by atoms with E-state index in [9.17, 15) is 9.59 Å². The van der Waals surface area contributed by atoms with Gasteiger partial charge in [-0.05, 0) is 18.8 Å². The van der Waals surface area contributed by atoms with E-state index < -0.39 is 0 Å². The molecule has 13 heavy (non-hydrogen) atoms. The molecule has 5 heteroatoms. The van der Waals surface area contributed by atoms with Crippen LogP contribution >= 0.6 is 22.6 Å². The number of carbonyl (C=O) groups excluding carboxylic acids is 2. The maximum absolute atomic E-state index is 9.89. The van der Waals surface area contributed by atoms with Crippen molar-refractivity contribution in [2.75, 3.05) is 6.54 Å². The van der Waals surface area contributed by atoms with Gasteiger partial charge in [0.05, 0.1) is 6.54 Å². The summed E-state index contributed by atoms with van der Waals surface area (Å²) < 4.78 is -0.0229. The zero-order valence-electron chi connectivity index (χ0n) is 7.36. The van der Waals surface area contributed by atoms with Crippen molar-refractivity contribution in [3.05, 3.63) is 0 Å². The number of nitrogens with zero attached hydrogens (tertiary/aromatic N) is 2. The van der Waals surface area contributed by atoms with E-state index in [0.717, 1.165) is 12.8 Å². The Bertz CT molecular complexity index is 232. The van der Waals surface area contributed by atoms with E-state index in [0.29, 0.717) is 12.5 Å². The van der Waals surface area contributed by atoms with Crippen LogP contribution < -0.4 is 0 Å². The smallest absolute Gasteiger partial charge is 0.211 e. The summed E-state index contributed by atoms with van der Waals surface area (Å²) in [7, 11) is 0.